The van der Waals surface area contributed by atoms with Crippen molar-refractivity contribution in [3.8, 4) is 22.6 Å². The van der Waals surface area contributed by atoms with Crippen molar-refractivity contribution in [3.63, 3.8) is 0 Å². The number of H-pyrrole nitrogens is 1. The number of nitrogens with zero attached hydrogens (tertiary/aromatic N) is 5. The zero-order valence-electron chi connectivity index (χ0n) is 21.1. The Morgan fingerprint density at radius 1 is 1.00 bits per heavy atom. The molecule has 38 heavy (non-hydrogen) atoms. The number of aromatic amines is 1. The zero-order valence-corrected chi connectivity index (χ0v) is 21.1. The van der Waals surface area contributed by atoms with Crippen LogP contribution in [0.25, 0.3) is 33.5 Å². The van der Waals surface area contributed by atoms with Crippen LogP contribution in [0.15, 0.2) is 54.6 Å². The van der Waals surface area contributed by atoms with Crippen LogP contribution in [0.3, 0.4) is 0 Å². The standard InChI is InChI=1S/C29H30N6O3/c36-27(20-9-10-20)35(18-29(28(37)38)14-4-1-5-15-29)17-19-8-12-24-21(16-19)11-13-25(30-24)22-6-2-3-7-23(22)26-31-33-34-32-26/h2-3,6-8,11-13,16,20H,1,4-5,9-10,14-15,17-18H2,(H,37,38)(H,31,32,33,34). The number of hydrogen-bond donors (Lipinski definition) is 2. The van der Waals surface area contributed by atoms with Crippen molar-refractivity contribution < 1.29 is 14.7 Å². The Balaban J connectivity index is 1.28. The minimum absolute atomic E-state index is 0.0355. The lowest BCUT2D eigenvalue weighted by Crippen LogP contribution is -2.46. The summed E-state index contributed by atoms with van der Waals surface area (Å²) in [7, 11) is 0. The first-order valence-electron chi connectivity index (χ1n) is 13.3. The Kier molecular flexibility index (Phi) is 6.35. The van der Waals surface area contributed by atoms with E-state index < -0.39 is 11.4 Å². The molecule has 2 aliphatic rings. The van der Waals surface area contributed by atoms with Gasteiger partial charge in [0.1, 0.15) is 0 Å². The van der Waals surface area contributed by atoms with Gasteiger partial charge in [0.25, 0.3) is 0 Å². The van der Waals surface area contributed by atoms with Gasteiger partial charge >= 0.3 is 5.97 Å². The molecule has 2 aliphatic carbocycles. The predicted molar refractivity (Wildman–Crippen MR) is 142 cm³/mol. The van der Waals surface area contributed by atoms with Crippen LogP contribution in [-0.2, 0) is 16.1 Å². The number of carbonyl (C=O) groups excluding carboxylic acids is 1. The van der Waals surface area contributed by atoms with Gasteiger partial charge in [-0.3, -0.25) is 9.59 Å². The van der Waals surface area contributed by atoms with Crippen LogP contribution < -0.4 is 0 Å². The van der Waals surface area contributed by atoms with Crippen molar-refractivity contribution in [2.24, 2.45) is 11.3 Å². The number of rotatable bonds is 8. The fraction of sp³-hybridized carbons (Fsp3) is 0.379. The second kappa shape index (κ2) is 9.96. The number of nitrogens with one attached hydrogen (secondary N) is 1. The molecule has 2 N–H and O–H groups in total. The van der Waals surface area contributed by atoms with E-state index in [1.54, 1.807) is 4.90 Å². The van der Waals surface area contributed by atoms with Crippen LogP contribution in [0, 0.1) is 11.3 Å². The first-order valence-corrected chi connectivity index (χ1v) is 13.3. The first-order chi connectivity index (χ1) is 18.5. The van der Waals surface area contributed by atoms with Gasteiger partial charge in [-0.1, -0.05) is 55.7 Å². The maximum Gasteiger partial charge on any atom is 0.311 e. The highest BCUT2D eigenvalue weighted by molar-refractivity contribution is 5.86. The molecule has 9 heteroatoms. The molecule has 2 fully saturated rings. The van der Waals surface area contributed by atoms with Crippen molar-refractivity contribution >= 4 is 22.8 Å². The number of carbonyl (C=O) groups is 2. The summed E-state index contributed by atoms with van der Waals surface area (Å²) in [4.78, 5) is 32.3. The van der Waals surface area contributed by atoms with Crippen molar-refractivity contribution in [1.82, 2.24) is 30.5 Å². The van der Waals surface area contributed by atoms with E-state index >= 15 is 0 Å². The van der Waals surface area contributed by atoms with Crippen LogP contribution in [0.1, 0.15) is 50.5 Å². The van der Waals surface area contributed by atoms with E-state index in [0.717, 1.165) is 65.4 Å². The van der Waals surface area contributed by atoms with E-state index in [2.05, 4.69) is 26.7 Å². The normalized spacial score (nSPS) is 16.8. The average Bonchev–Trinajstić information content (AvgIpc) is 3.66. The SMILES string of the molecule is O=C(C1CC1)N(Cc1ccc2nc(-c3ccccc3-c3nn[nH]n3)ccc2c1)CC1(C(=O)O)CCCCC1. The van der Waals surface area contributed by atoms with Crippen molar-refractivity contribution in [1.29, 1.82) is 0 Å². The second-order valence-corrected chi connectivity index (χ2v) is 10.6. The van der Waals surface area contributed by atoms with E-state index in [1.165, 1.54) is 0 Å². The number of fused-ring (bicyclic) bond motifs is 1. The summed E-state index contributed by atoms with van der Waals surface area (Å²) in [5.41, 5.74) is 3.52. The van der Waals surface area contributed by atoms with Gasteiger partial charge in [-0.05, 0) is 54.7 Å². The molecule has 2 saturated carbocycles. The molecule has 194 valence electrons. The molecule has 2 heterocycles. The number of carboxylic acid groups (broad SMARTS) is 1. The summed E-state index contributed by atoms with van der Waals surface area (Å²) in [5.74, 6) is -0.145. The summed E-state index contributed by atoms with van der Waals surface area (Å²) < 4.78 is 0. The highest BCUT2D eigenvalue weighted by Gasteiger charge is 2.44. The Bertz CT molecular complexity index is 1470. The quantitative estimate of drug-likeness (QED) is 0.347. The minimum atomic E-state index is -0.845. The third kappa shape index (κ3) is 4.76. The van der Waals surface area contributed by atoms with E-state index in [1.807, 2.05) is 48.5 Å². The lowest BCUT2D eigenvalue weighted by molar-refractivity contribution is -0.154. The van der Waals surface area contributed by atoms with Crippen LogP contribution in [0.5, 0.6) is 0 Å². The molecule has 0 spiro atoms. The summed E-state index contributed by atoms with van der Waals surface area (Å²) in [6.45, 7) is 0.683. The molecule has 0 bridgehead atoms. The summed E-state index contributed by atoms with van der Waals surface area (Å²) in [5, 5.41) is 25.5. The highest BCUT2D eigenvalue weighted by atomic mass is 16.4. The van der Waals surface area contributed by atoms with E-state index in [-0.39, 0.29) is 18.4 Å². The zero-order chi connectivity index (χ0) is 26.1. The Labute approximate surface area is 220 Å². The van der Waals surface area contributed by atoms with Gasteiger partial charge in [0.15, 0.2) is 0 Å². The summed E-state index contributed by atoms with van der Waals surface area (Å²) in [6, 6.07) is 17.8. The van der Waals surface area contributed by atoms with Gasteiger partial charge < -0.3 is 10.0 Å². The third-order valence-electron chi connectivity index (χ3n) is 7.91. The van der Waals surface area contributed by atoms with Crippen molar-refractivity contribution in [2.45, 2.75) is 51.5 Å². The van der Waals surface area contributed by atoms with E-state index in [4.69, 9.17) is 4.98 Å². The molecule has 0 radical (unpaired) electrons. The summed E-state index contributed by atoms with van der Waals surface area (Å²) >= 11 is 0. The van der Waals surface area contributed by atoms with Crippen molar-refractivity contribution in [3.05, 3.63) is 60.2 Å². The Morgan fingerprint density at radius 2 is 1.79 bits per heavy atom. The van der Waals surface area contributed by atoms with Crippen LogP contribution in [-0.4, -0.2) is 54.0 Å². The van der Waals surface area contributed by atoms with Gasteiger partial charge in [0.2, 0.25) is 11.7 Å². The van der Waals surface area contributed by atoms with Crippen molar-refractivity contribution in [2.75, 3.05) is 6.54 Å². The van der Waals surface area contributed by atoms with Crippen LogP contribution in [0.4, 0.5) is 0 Å². The van der Waals surface area contributed by atoms with Crippen LogP contribution in [0.2, 0.25) is 0 Å². The molecule has 1 amide bonds. The fourth-order valence-electron chi connectivity index (χ4n) is 5.65. The molecular formula is C29H30N6O3. The number of tetrazole rings is 1. The number of carboxylic acids is 1. The average molecular weight is 511 g/mol. The van der Waals surface area contributed by atoms with Gasteiger partial charge in [0, 0.05) is 35.5 Å². The number of pyridine rings is 1. The monoisotopic (exact) mass is 510 g/mol. The lowest BCUT2D eigenvalue weighted by Gasteiger charge is -2.38. The van der Waals surface area contributed by atoms with Gasteiger partial charge in [-0.15, -0.1) is 10.2 Å². The molecule has 0 unspecified atom stereocenters. The molecule has 0 saturated heterocycles. The molecule has 2 aromatic carbocycles. The molecule has 0 aliphatic heterocycles. The Hall–Kier alpha value is -4.14. The van der Waals surface area contributed by atoms with Gasteiger partial charge in [0.05, 0.1) is 16.6 Å². The molecule has 6 rings (SSSR count). The number of benzene rings is 2. The molecule has 4 aromatic rings. The second-order valence-electron chi connectivity index (χ2n) is 10.6. The number of aromatic nitrogens is 5. The topological polar surface area (TPSA) is 125 Å². The number of aliphatic carboxylic acids is 1. The summed E-state index contributed by atoms with van der Waals surface area (Å²) in [6.07, 6.45) is 5.91. The van der Waals surface area contributed by atoms with Crippen LogP contribution >= 0.6 is 0 Å². The lowest BCUT2D eigenvalue weighted by atomic mass is 9.73. The van der Waals surface area contributed by atoms with Gasteiger partial charge in [-0.2, -0.15) is 5.21 Å². The predicted octanol–water partition coefficient (Wildman–Crippen LogP) is 4.86. The van der Waals surface area contributed by atoms with Gasteiger partial charge in [-0.25, -0.2) is 4.98 Å². The molecule has 2 aromatic heterocycles. The largest absolute Gasteiger partial charge is 0.481 e. The third-order valence-corrected chi connectivity index (χ3v) is 7.91. The fourth-order valence-corrected chi connectivity index (χ4v) is 5.65. The molecule has 9 nitrogen and oxygen atoms in total. The highest BCUT2D eigenvalue weighted by Crippen LogP contribution is 2.40. The maximum absolute atomic E-state index is 13.2. The molecule has 0 atom stereocenters. The number of hydrogen-bond acceptors (Lipinski definition) is 6. The maximum atomic E-state index is 13.2. The molecular weight excluding hydrogens is 480 g/mol. The number of amides is 1. The van der Waals surface area contributed by atoms with E-state index in [0.29, 0.717) is 25.2 Å². The first kappa shape index (κ1) is 24.2. The Morgan fingerprint density at radius 3 is 2.50 bits per heavy atom. The minimum Gasteiger partial charge on any atom is -0.481 e. The smallest absolute Gasteiger partial charge is 0.311 e. The van der Waals surface area contributed by atoms with E-state index in [9.17, 15) is 14.7 Å².